The number of rotatable bonds is 0. The molecule has 2 heteroatoms. The summed E-state index contributed by atoms with van der Waals surface area (Å²) in [5.41, 5.74) is 0. The van der Waals surface area contributed by atoms with Crippen molar-refractivity contribution in [1.29, 1.82) is 0 Å². The fraction of sp³-hybridized carbons (Fsp3) is 0.300. The predicted molar refractivity (Wildman–Crippen MR) is 47.5 cm³/mol. The summed E-state index contributed by atoms with van der Waals surface area (Å²) in [5.74, 6) is 0.154. The van der Waals surface area contributed by atoms with Gasteiger partial charge >= 0.3 is 0 Å². The van der Waals surface area contributed by atoms with E-state index < -0.39 is 0 Å². The molecule has 2 atom stereocenters. The van der Waals surface area contributed by atoms with Crippen LogP contribution in [0.5, 0.6) is 0 Å². The van der Waals surface area contributed by atoms with Gasteiger partial charge in [0.2, 0.25) is 5.91 Å². The van der Waals surface area contributed by atoms with Crippen LogP contribution in [0.3, 0.4) is 0 Å². The summed E-state index contributed by atoms with van der Waals surface area (Å²) in [4.78, 5) is 12.9. The molecule has 0 aromatic carbocycles. The number of amides is 1. The minimum absolute atomic E-state index is 0.154. The molecule has 0 radical (unpaired) electrons. The van der Waals surface area contributed by atoms with Crippen molar-refractivity contribution in [2.24, 2.45) is 0 Å². The van der Waals surface area contributed by atoms with E-state index in [0.29, 0.717) is 12.1 Å². The van der Waals surface area contributed by atoms with Crippen LogP contribution in [0.15, 0.2) is 36.5 Å². The molecule has 1 saturated heterocycles. The van der Waals surface area contributed by atoms with E-state index in [1.165, 1.54) is 0 Å². The van der Waals surface area contributed by atoms with Gasteiger partial charge in [-0.1, -0.05) is 36.5 Å². The van der Waals surface area contributed by atoms with Gasteiger partial charge in [-0.25, -0.2) is 0 Å². The first kappa shape index (κ1) is 7.35. The van der Waals surface area contributed by atoms with E-state index >= 15 is 0 Å². The molecule has 0 bridgehead atoms. The molecule has 0 spiro atoms. The van der Waals surface area contributed by atoms with Crippen molar-refractivity contribution in [3.05, 3.63) is 36.5 Å². The van der Waals surface area contributed by atoms with Crippen LogP contribution in [0.4, 0.5) is 0 Å². The fourth-order valence-electron chi connectivity index (χ4n) is 1.59. The van der Waals surface area contributed by atoms with Crippen LogP contribution < -0.4 is 0 Å². The maximum Gasteiger partial charge on any atom is 0.220 e. The van der Waals surface area contributed by atoms with Gasteiger partial charge in [0.1, 0.15) is 0 Å². The fourth-order valence-corrected chi connectivity index (χ4v) is 1.59. The Balaban J connectivity index is 2.17. The van der Waals surface area contributed by atoms with Gasteiger partial charge in [0.25, 0.3) is 0 Å². The van der Waals surface area contributed by atoms with Gasteiger partial charge in [-0.3, -0.25) is 4.79 Å². The quantitative estimate of drug-likeness (QED) is 0.490. The summed E-state index contributed by atoms with van der Waals surface area (Å²) in [6.07, 6.45) is 12.1. The minimum Gasteiger partial charge on any atom is -0.325 e. The maximum absolute atomic E-state index is 11.0. The molecule has 1 aliphatic carbocycles. The number of nitrogens with zero attached hydrogens (tertiary/aromatic N) is 1. The Morgan fingerprint density at radius 3 is 2.00 bits per heavy atom. The Morgan fingerprint density at radius 2 is 1.58 bits per heavy atom. The van der Waals surface area contributed by atoms with Crippen LogP contribution in [0.25, 0.3) is 0 Å². The van der Waals surface area contributed by atoms with E-state index in [1.54, 1.807) is 6.92 Å². The van der Waals surface area contributed by atoms with E-state index in [-0.39, 0.29) is 5.91 Å². The second kappa shape index (κ2) is 2.63. The normalized spacial score (nSPS) is 38.9. The Bertz CT molecular complexity index is 266. The number of fused-ring (bicyclic) bond motifs is 1. The number of allylic oxidation sites excluding steroid dienone is 4. The van der Waals surface area contributed by atoms with Gasteiger partial charge in [0.15, 0.2) is 0 Å². The first-order chi connectivity index (χ1) is 5.80. The molecule has 12 heavy (non-hydrogen) atoms. The monoisotopic (exact) mass is 161 g/mol. The minimum atomic E-state index is 0.154. The van der Waals surface area contributed by atoms with E-state index in [1.807, 2.05) is 29.2 Å². The van der Waals surface area contributed by atoms with Crippen molar-refractivity contribution >= 4 is 5.91 Å². The summed E-state index contributed by atoms with van der Waals surface area (Å²) in [7, 11) is 0. The molecule has 2 rings (SSSR count). The molecule has 1 aliphatic heterocycles. The summed E-state index contributed by atoms with van der Waals surface area (Å²) < 4.78 is 0. The topological polar surface area (TPSA) is 20.1 Å². The summed E-state index contributed by atoms with van der Waals surface area (Å²) >= 11 is 0. The molecule has 0 saturated carbocycles. The average molecular weight is 161 g/mol. The largest absolute Gasteiger partial charge is 0.325 e. The van der Waals surface area contributed by atoms with Crippen molar-refractivity contribution in [2.75, 3.05) is 0 Å². The molecular weight excluding hydrogens is 150 g/mol. The summed E-state index contributed by atoms with van der Waals surface area (Å²) in [6, 6.07) is 0.618. The first-order valence-electron chi connectivity index (χ1n) is 4.11. The maximum atomic E-state index is 11.0. The van der Waals surface area contributed by atoms with Crippen LogP contribution in [-0.2, 0) is 4.79 Å². The molecule has 1 fully saturated rings. The number of carbonyl (C=O) groups excluding carboxylic acids is 1. The summed E-state index contributed by atoms with van der Waals surface area (Å²) in [6.45, 7) is 1.61. The van der Waals surface area contributed by atoms with E-state index in [0.717, 1.165) is 0 Å². The van der Waals surface area contributed by atoms with Crippen LogP contribution in [0.1, 0.15) is 6.92 Å². The molecule has 62 valence electrons. The lowest BCUT2D eigenvalue weighted by molar-refractivity contribution is -0.124. The highest BCUT2D eigenvalue weighted by molar-refractivity contribution is 5.78. The van der Waals surface area contributed by atoms with Crippen LogP contribution in [-0.4, -0.2) is 22.9 Å². The molecule has 2 nitrogen and oxygen atoms in total. The Kier molecular flexibility index (Phi) is 1.61. The molecule has 1 heterocycles. The number of carbonyl (C=O) groups is 1. The van der Waals surface area contributed by atoms with E-state index in [4.69, 9.17) is 0 Å². The van der Waals surface area contributed by atoms with Gasteiger partial charge in [0.05, 0.1) is 12.1 Å². The molecular formula is C10H11NO. The molecule has 0 aromatic rings. The van der Waals surface area contributed by atoms with Crippen molar-refractivity contribution < 1.29 is 4.79 Å². The molecule has 0 N–H and O–H groups in total. The zero-order valence-electron chi connectivity index (χ0n) is 6.97. The molecule has 0 unspecified atom stereocenters. The van der Waals surface area contributed by atoms with Crippen molar-refractivity contribution in [3.63, 3.8) is 0 Å². The van der Waals surface area contributed by atoms with E-state index in [9.17, 15) is 4.79 Å². The van der Waals surface area contributed by atoms with Crippen molar-refractivity contribution in [1.82, 2.24) is 4.90 Å². The highest BCUT2D eigenvalue weighted by atomic mass is 16.2. The Hall–Kier alpha value is -1.31. The van der Waals surface area contributed by atoms with Gasteiger partial charge in [0, 0.05) is 6.92 Å². The molecule has 0 aromatic heterocycles. The standard InChI is InChI=1S/C10H11NO/c1-8(12)11-9-6-4-2-3-5-7-10(9)11/h2-7,9-10H,1H3/b3-2-,6-4-,7-5-/t9-,10+,11?. The summed E-state index contributed by atoms with van der Waals surface area (Å²) in [5, 5.41) is 0. The zero-order chi connectivity index (χ0) is 8.55. The van der Waals surface area contributed by atoms with Gasteiger partial charge in [-0.05, 0) is 0 Å². The first-order valence-corrected chi connectivity index (χ1v) is 4.11. The second-order valence-corrected chi connectivity index (χ2v) is 3.06. The highest BCUT2D eigenvalue weighted by Crippen LogP contribution is 2.31. The average Bonchev–Trinajstić information content (AvgIpc) is 2.60. The smallest absolute Gasteiger partial charge is 0.220 e. The zero-order valence-corrected chi connectivity index (χ0v) is 6.97. The van der Waals surface area contributed by atoms with Gasteiger partial charge < -0.3 is 4.90 Å². The van der Waals surface area contributed by atoms with Gasteiger partial charge in [-0.15, -0.1) is 0 Å². The highest BCUT2D eigenvalue weighted by Gasteiger charge is 2.45. The third-order valence-electron chi connectivity index (χ3n) is 2.22. The molecule has 2 aliphatic rings. The third-order valence-corrected chi connectivity index (χ3v) is 2.22. The lowest BCUT2D eigenvalue weighted by Crippen LogP contribution is -2.08. The Labute approximate surface area is 71.9 Å². The van der Waals surface area contributed by atoms with E-state index in [2.05, 4.69) is 12.2 Å². The number of hydrogen-bond acceptors (Lipinski definition) is 1. The molecule has 1 amide bonds. The van der Waals surface area contributed by atoms with Crippen LogP contribution in [0, 0.1) is 0 Å². The van der Waals surface area contributed by atoms with Gasteiger partial charge in [-0.2, -0.15) is 0 Å². The number of hydrogen-bond donors (Lipinski definition) is 0. The third kappa shape index (κ3) is 1.09. The van der Waals surface area contributed by atoms with Crippen LogP contribution >= 0.6 is 0 Å². The lowest BCUT2D eigenvalue weighted by atomic mass is 10.2. The predicted octanol–water partition coefficient (Wildman–Crippen LogP) is 1.27. The van der Waals surface area contributed by atoms with Crippen molar-refractivity contribution in [2.45, 2.75) is 19.0 Å². The Morgan fingerprint density at radius 1 is 1.08 bits per heavy atom. The van der Waals surface area contributed by atoms with Crippen molar-refractivity contribution in [3.8, 4) is 0 Å². The second-order valence-electron chi connectivity index (χ2n) is 3.06. The van der Waals surface area contributed by atoms with Crippen LogP contribution in [0.2, 0.25) is 0 Å². The SMILES string of the molecule is CC(=O)N1[C@@H]2\C=C/C=C\C=C/[C@@H]21. The lowest BCUT2D eigenvalue weighted by Gasteiger charge is -1.93.